The van der Waals surface area contributed by atoms with Gasteiger partial charge in [-0.15, -0.1) is 0 Å². The van der Waals surface area contributed by atoms with Crippen LogP contribution in [0.3, 0.4) is 0 Å². The molecule has 3 nitrogen and oxygen atoms in total. The molecule has 1 aliphatic heterocycles. The molecule has 0 saturated carbocycles. The third-order valence-electron chi connectivity index (χ3n) is 3.72. The number of amides is 1. The number of nitrogens with zero attached hydrogens (tertiary/aromatic N) is 1. The summed E-state index contributed by atoms with van der Waals surface area (Å²) in [5.41, 5.74) is 2.88. The number of unbranched alkanes of at least 4 members (excludes halogenated alkanes) is 1. The van der Waals surface area contributed by atoms with Crippen molar-refractivity contribution in [2.24, 2.45) is 0 Å². The minimum Gasteiger partial charge on any atom is -0.356 e. The van der Waals surface area contributed by atoms with Gasteiger partial charge in [0.1, 0.15) is 0 Å². The molecule has 0 aromatic heterocycles. The zero-order valence-electron chi connectivity index (χ0n) is 11.8. The molecule has 0 radical (unpaired) electrons. The van der Waals surface area contributed by atoms with Gasteiger partial charge in [0, 0.05) is 32.6 Å². The van der Waals surface area contributed by atoms with Gasteiger partial charge < -0.3 is 5.32 Å². The van der Waals surface area contributed by atoms with Gasteiger partial charge in [-0.3, -0.25) is 9.69 Å². The fraction of sp³-hybridized carbons (Fsp3) is 0.562. The van der Waals surface area contributed by atoms with Crippen LogP contribution in [0.25, 0.3) is 0 Å². The molecule has 0 fully saturated rings. The number of hydrogen-bond acceptors (Lipinski definition) is 2. The minimum atomic E-state index is 0.187. The van der Waals surface area contributed by atoms with Gasteiger partial charge in [0.25, 0.3) is 0 Å². The van der Waals surface area contributed by atoms with E-state index >= 15 is 0 Å². The van der Waals surface area contributed by atoms with E-state index in [1.165, 1.54) is 11.1 Å². The van der Waals surface area contributed by atoms with Crippen LogP contribution in [0.2, 0.25) is 0 Å². The van der Waals surface area contributed by atoms with Gasteiger partial charge in [0.15, 0.2) is 0 Å². The van der Waals surface area contributed by atoms with Crippen LogP contribution < -0.4 is 5.32 Å². The van der Waals surface area contributed by atoms with E-state index in [4.69, 9.17) is 0 Å². The molecule has 2 rings (SSSR count). The molecule has 0 spiro atoms. The molecule has 1 aromatic carbocycles. The second kappa shape index (κ2) is 7.29. The van der Waals surface area contributed by atoms with E-state index < -0.39 is 0 Å². The van der Waals surface area contributed by atoms with E-state index in [2.05, 4.69) is 41.4 Å². The average molecular weight is 260 g/mol. The molecular weight excluding hydrogens is 236 g/mol. The van der Waals surface area contributed by atoms with Crippen molar-refractivity contribution in [1.29, 1.82) is 0 Å². The standard InChI is InChI=1S/C16H24N2O/c1-2-3-10-17-16(19)9-12-18-11-8-14-6-4-5-7-15(14)13-18/h4-7H,2-3,8-13H2,1H3,(H,17,19). The fourth-order valence-electron chi connectivity index (χ4n) is 2.50. The Bertz CT molecular complexity index is 417. The molecule has 0 saturated heterocycles. The number of carbonyl (C=O) groups is 1. The monoisotopic (exact) mass is 260 g/mol. The Morgan fingerprint density at radius 3 is 2.89 bits per heavy atom. The molecule has 1 heterocycles. The highest BCUT2D eigenvalue weighted by atomic mass is 16.1. The Morgan fingerprint density at radius 1 is 1.32 bits per heavy atom. The van der Waals surface area contributed by atoms with Crippen molar-refractivity contribution >= 4 is 5.91 Å². The smallest absolute Gasteiger partial charge is 0.221 e. The second-order valence-corrected chi connectivity index (χ2v) is 5.25. The van der Waals surface area contributed by atoms with Gasteiger partial charge in [-0.25, -0.2) is 0 Å². The molecular formula is C16H24N2O. The third kappa shape index (κ3) is 4.35. The summed E-state index contributed by atoms with van der Waals surface area (Å²) in [5.74, 6) is 0.187. The second-order valence-electron chi connectivity index (χ2n) is 5.25. The van der Waals surface area contributed by atoms with Gasteiger partial charge in [0.2, 0.25) is 5.91 Å². The quantitative estimate of drug-likeness (QED) is 0.796. The highest BCUT2D eigenvalue weighted by molar-refractivity contribution is 5.76. The van der Waals surface area contributed by atoms with Crippen molar-refractivity contribution in [2.45, 2.75) is 39.2 Å². The molecule has 1 N–H and O–H groups in total. The van der Waals surface area contributed by atoms with Crippen molar-refractivity contribution in [3.63, 3.8) is 0 Å². The first-order valence-electron chi connectivity index (χ1n) is 7.35. The topological polar surface area (TPSA) is 32.3 Å². The lowest BCUT2D eigenvalue weighted by Crippen LogP contribution is -2.34. The Labute approximate surface area is 116 Å². The summed E-state index contributed by atoms with van der Waals surface area (Å²) in [6.07, 6.45) is 3.92. The Morgan fingerprint density at radius 2 is 2.11 bits per heavy atom. The predicted molar refractivity (Wildman–Crippen MR) is 78.0 cm³/mol. The Hall–Kier alpha value is -1.35. The summed E-state index contributed by atoms with van der Waals surface area (Å²) in [6, 6.07) is 8.61. The number of nitrogens with one attached hydrogen (secondary N) is 1. The average Bonchev–Trinajstić information content (AvgIpc) is 2.45. The zero-order chi connectivity index (χ0) is 13.5. The van der Waals surface area contributed by atoms with E-state index in [9.17, 15) is 4.79 Å². The van der Waals surface area contributed by atoms with Crippen molar-refractivity contribution < 1.29 is 4.79 Å². The van der Waals surface area contributed by atoms with E-state index in [1.54, 1.807) is 0 Å². The van der Waals surface area contributed by atoms with Crippen molar-refractivity contribution in [2.75, 3.05) is 19.6 Å². The summed E-state index contributed by atoms with van der Waals surface area (Å²) in [7, 11) is 0. The first-order valence-corrected chi connectivity index (χ1v) is 7.35. The van der Waals surface area contributed by atoms with Crippen LogP contribution in [-0.2, 0) is 17.8 Å². The molecule has 0 atom stereocenters. The van der Waals surface area contributed by atoms with Gasteiger partial charge in [-0.05, 0) is 24.0 Å². The SMILES string of the molecule is CCCCNC(=O)CCN1CCc2ccccc2C1. The van der Waals surface area contributed by atoms with E-state index in [0.29, 0.717) is 6.42 Å². The van der Waals surface area contributed by atoms with Gasteiger partial charge in [0.05, 0.1) is 0 Å². The molecule has 19 heavy (non-hydrogen) atoms. The molecule has 1 aromatic rings. The minimum absolute atomic E-state index is 0.187. The number of benzene rings is 1. The largest absolute Gasteiger partial charge is 0.356 e. The maximum atomic E-state index is 11.7. The van der Waals surface area contributed by atoms with E-state index in [-0.39, 0.29) is 5.91 Å². The van der Waals surface area contributed by atoms with E-state index in [0.717, 1.165) is 45.4 Å². The molecule has 0 aliphatic carbocycles. The zero-order valence-corrected chi connectivity index (χ0v) is 11.8. The number of hydrogen-bond donors (Lipinski definition) is 1. The summed E-state index contributed by atoms with van der Waals surface area (Å²) in [5, 5.41) is 2.98. The van der Waals surface area contributed by atoms with Crippen LogP contribution in [-0.4, -0.2) is 30.4 Å². The van der Waals surface area contributed by atoms with Gasteiger partial charge >= 0.3 is 0 Å². The van der Waals surface area contributed by atoms with Gasteiger partial charge in [-0.1, -0.05) is 37.6 Å². The fourth-order valence-corrected chi connectivity index (χ4v) is 2.50. The first kappa shape index (κ1) is 14.1. The van der Waals surface area contributed by atoms with Crippen LogP contribution in [0.4, 0.5) is 0 Å². The maximum Gasteiger partial charge on any atom is 0.221 e. The molecule has 104 valence electrons. The van der Waals surface area contributed by atoms with Crippen LogP contribution in [0, 0.1) is 0 Å². The lowest BCUT2D eigenvalue weighted by Gasteiger charge is -2.28. The number of fused-ring (bicyclic) bond motifs is 1. The Balaban J connectivity index is 1.72. The van der Waals surface area contributed by atoms with Crippen LogP contribution >= 0.6 is 0 Å². The normalized spacial score (nSPS) is 15.0. The van der Waals surface area contributed by atoms with Crippen molar-refractivity contribution in [3.8, 4) is 0 Å². The summed E-state index contributed by atoms with van der Waals surface area (Å²) in [4.78, 5) is 14.0. The third-order valence-corrected chi connectivity index (χ3v) is 3.72. The van der Waals surface area contributed by atoms with E-state index in [1.807, 2.05) is 0 Å². The van der Waals surface area contributed by atoms with Crippen molar-refractivity contribution in [1.82, 2.24) is 10.2 Å². The lowest BCUT2D eigenvalue weighted by atomic mass is 10.00. The van der Waals surface area contributed by atoms with Crippen molar-refractivity contribution in [3.05, 3.63) is 35.4 Å². The summed E-state index contributed by atoms with van der Waals surface area (Å²) in [6.45, 7) is 5.87. The number of carbonyl (C=O) groups excluding carboxylic acids is 1. The van der Waals surface area contributed by atoms with Crippen LogP contribution in [0.1, 0.15) is 37.3 Å². The molecule has 3 heteroatoms. The maximum absolute atomic E-state index is 11.7. The lowest BCUT2D eigenvalue weighted by molar-refractivity contribution is -0.121. The summed E-state index contributed by atoms with van der Waals surface area (Å²) >= 11 is 0. The molecule has 1 aliphatic rings. The molecule has 1 amide bonds. The highest BCUT2D eigenvalue weighted by Gasteiger charge is 2.15. The first-order chi connectivity index (χ1) is 9.29. The molecule has 0 bridgehead atoms. The highest BCUT2D eigenvalue weighted by Crippen LogP contribution is 2.18. The van der Waals surface area contributed by atoms with Crippen LogP contribution in [0.5, 0.6) is 0 Å². The summed E-state index contributed by atoms with van der Waals surface area (Å²) < 4.78 is 0. The Kier molecular flexibility index (Phi) is 5.40. The number of rotatable bonds is 6. The molecule has 0 unspecified atom stereocenters. The predicted octanol–water partition coefficient (Wildman–Crippen LogP) is 2.35. The van der Waals surface area contributed by atoms with Gasteiger partial charge in [-0.2, -0.15) is 0 Å². The van der Waals surface area contributed by atoms with Crippen LogP contribution in [0.15, 0.2) is 24.3 Å².